The van der Waals surface area contributed by atoms with E-state index in [1.165, 1.54) is 0 Å². The Kier molecular flexibility index (Phi) is 3.93. The Balaban J connectivity index is 1.70. The van der Waals surface area contributed by atoms with Gasteiger partial charge in [-0.2, -0.15) is 10.2 Å². The third-order valence-corrected chi connectivity index (χ3v) is 3.68. The molecule has 0 saturated heterocycles. The Bertz CT molecular complexity index is 794. The molecular weight excluding hydrogens is 302 g/mol. The summed E-state index contributed by atoms with van der Waals surface area (Å²) in [5.41, 5.74) is 2.78. The van der Waals surface area contributed by atoms with Crippen molar-refractivity contribution in [3.8, 4) is 5.69 Å². The van der Waals surface area contributed by atoms with E-state index < -0.39 is 0 Å². The summed E-state index contributed by atoms with van der Waals surface area (Å²) in [7, 11) is 0. The van der Waals surface area contributed by atoms with Gasteiger partial charge >= 0.3 is 0 Å². The van der Waals surface area contributed by atoms with Gasteiger partial charge in [-0.3, -0.25) is 9.89 Å². The number of aryl methyl sites for hydroxylation is 1. The van der Waals surface area contributed by atoms with Crippen molar-refractivity contribution in [3.05, 3.63) is 64.7 Å². The fraction of sp³-hybridized carbons (Fsp3) is 0.133. The Morgan fingerprint density at radius 3 is 2.95 bits per heavy atom. The molecule has 22 heavy (non-hydrogen) atoms. The molecule has 0 aliphatic heterocycles. The van der Waals surface area contributed by atoms with E-state index in [0.29, 0.717) is 17.3 Å². The van der Waals surface area contributed by atoms with Crippen LogP contribution in [0.3, 0.4) is 0 Å². The highest BCUT2D eigenvalue weighted by Gasteiger charge is 2.15. The molecule has 0 saturated carbocycles. The van der Waals surface area contributed by atoms with E-state index in [4.69, 9.17) is 11.6 Å². The maximum absolute atomic E-state index is 12.1. The number of hydrogen-bond donors (Lipinski definition) is 2. The number of benzene rings is 1. The largest absolute Gasteiger partial charge is 0.347 e. The number of hydrogen-bond acceptors (Lipinski definition) is 3. The van der Waals surface area contributed by atoms with Crippen LogP contribution < -0.4 is 5.32 Å². The second-order valence-electron chi connectivity index (χ2n) is 4.81. The molecule has 0 bridgehead atoms. The fourth-order valence-corrected chi connectivity index (χ4v) is 2.23. The Morgan fingerprint density at radius 2 is 2.27 bits per heavy atom. The van der Waals surface area contributed by atoms with Crippen molar-refractivity contribution in [3.63, 3.8) is 0 Å². The van der Waals surface area contributed by atoms with Gasteiger partial charge in [-0.15, -0.1) is 0 Å². The molecule has 0 radical (unpaired) electrons. The van der Waals surface area contributed by atoms with Crippen molar-refractivity contribution in [2.24, 2.45) is 0 Å². The zero-order valence-electron chi connectivity index (χ0n) is 11.9. The molecule has 0 unspecified atom stereocenters. The molecule has 1 aromatic carbocycles. The van der Waals surface area contributed by atoms with Crippen LogP contribution in [-0.4, -0.2) is 25.9 Å². The zero-order chi connectivity index (χ0) is 15.5. The zero-order valence-corrected chi connectivity index (χ0v) is 12.6. The standard InChI is InChI=1S/C15H14ClN5O/c1-10-13(16)14(20-19-10)15(22)17-9-11-4-2-5-12(8-11)21-7-3-6-18-21/h2-8H,9H2,1H3,(H,17,22)(H,19,20). The van der Waals surface area contributed by atoms with Gasteiger partial charge in [0, 0.05) is 18.9 Å². The van der Waals surface area contributed by atoms with Crippen LogP contribution in [0, 0.1) is 6.92 Å². The van der Waals surface area contributed by atoms with Gasteiger partial charge in [-0.05, 0) is 30.7 Å². The summed E-state index contributed by atoms with van der Waals surface area (Å²) in [5.74, 6) is -0.307. The molecule has 0 atom stereocenters. The molecule has 3 rings (SSSR count). The van der Waals surface area contributed by atoms with E-state index in [0.717, 1.165) is 11.3 Å². The highest BCUT2D eigenvalue weighted by molar-refractivity contribution is 6.34. The molecule has 2 aromatic heterocycles. The van der Waals surface area contributed by atoms with Gasteiger partial charge in [0.15, 0.2) is 5.69 Å². The topological polar surface area (TPSA) is 75.6 Å². The lowest BCUT2D eigenvalue weighted by atomic mass is 10.2. The number of aromatic amines is 1. The first-order chi connectivity index (χ1) is 10.6. The highest BCUT2D eigenvalue weighted by Crippen LogP contribution is 2.17. The van der Waals surface area contributed by atoms with E-state index >= 15 is 0 Å². The highest BCUT2D eigenvalue weighted by atomic mass is 35.5. The van der Waals surface area contributed by atoms with Crippen LogP contribution in [0.2, 0.25) is 5.02 Å². The monoisotopic (exact) mass is 315 g/mol. The molecule has 0 aliphatic rings. The van der Waals surface area contributed by atoms with Crippen molar-refractivity contribution in [1.29, 1.82) is 0 Å². The van der Waals surface area contributed by atoms with Gasteiger partial charge in [0.1, 0.15) is 0 Å². The van der Waals surface area contributed by atoms with Crippen LogP contribution in [0.5, 0.6) is 0 Å². The van der Waals surface area contributed by atoms with Crippen molar-refractivity contribution < 1.29 is 4.79 Å². The quantitative estimate of drug-likeness (QED) is 0.776. The fourth-order valence-electron chi connectivity index (χ4n) is 2.06. The number of amides is 1. The number of rotatable bonds is 4. The molecule has 2 heterocycles. The van der Waals surface area contributed by atoms with Crippen LogP contribution in [0.25, 0.3) is 5.69 Å². The van der Waals surface area contributed by atoms with Gasteiger partial charge in [0.25, 0.3) is 5.91 Å². The number of carbonyl (C=O) groups is 1. The summed E-state index contributed by atoms with van der Waals surface area (Å²) >= 11 is 6.01. The second-order valence-corrected chi connectivity index (χ2v) is 5.19. The van der Waals surface area contributed by atoms with Crippen molar-refractivity contribution in [2.45, 2.75) is 13.5 Å². The number of H-pyrrole nitrogens is 1. The molecule has 0 spiro atoms. The van der Waals surface area contributed by atoms with E-state index in [1.54, 1.807) is 17.8 Å². The molecule has 1 amide bonds. The van der Waals surface area contributed by atoms with Crippen molar-refractivity contribution in [1.82, 2.24) is 25.3 Å². The molecule has 0 aliphatic carbocycles. The predicted octanol–water partition coefficient (Wildman–Crippen LogP) is 2.49. The summed E-state index contributed by atoms with van der Waals surface area (Å²) in [6, 6.07) is 9.63. The summed E-state index contributed by atoms with van der Waals surface area (Å²) in [6.07, 6.45) is 3.58. The maximum atomic E-state index is 12.1. The Labute approximate surface area is 132 Å². The van der Waals surface area contributed by atoms with E-state index in [-0.39, 0.29) is 11.6 Å². The number of halogens is 1. The Hall–Kier alpha value is -2.60. The molecule has 3 aromatic rings. The third-order valence-electron chi connectivity index (χ3n) is 3.22. The van der Waals surface area contributed by atoms with E-state index in [9.17, 15) is 4.79 Å². The van der Waals surface area contributed by atoms with Crippen molar-refractivity contribution >= 4 is 17.5 Å². The normalized spacial score (nSPS) is 10.6. The van der Waals surface area contributed by atoms with Crippen LogP contribution in [0.1, 0.15) is 21.7 Å². The van der Waals surface area contributed by atoms with Gasteiger partial charge < -0.3 is 5.32 Å². The number of nitrogens with one attached hydrogen (secondary N) is 2. The summed E-state index contributed by atoms with van der Waals surface area (Å²) in [4.78, 5) is 12.1. The first kappa shape index (κ1) is 14.3. The van der Waals surface area contributed by atoms with Crippen LogP contribution in [0.4, 0.5) is 0 Å². The summed E-state index contributed by atoms with van der Waals surface area (Å²) < 4.78 is 1.76. The summed E-state index contributed by atoms with van der Waals surface area (Å²) in [5, 5.41) is 13.9. The molecule has 2 N–H and O–H groups in total. The first-order valence-corrected chi connectivity index (χ1v) is 7.10. The van der Waals surface area contributed by atoms with Crippen LogP contribution >= 0.6 is 11.6 Å². The third kappa shape index (κ3) is 2.87. The second kappa shape index (κ2) is 6.03. The van der Waals surface area contributed by atoms with Gasteiger partial charge in [-0.1, -0.05) is 23.7 Å². The van der Waals surface area contributed by atoms with Gasteiger partial charge in [0.05, 0.1) is 16.4 Å². The minimum absolute atomic E-state index is 0.211. The molecule has 7 heteroatoms. The number of carbonyl (C=O) groups excluding carboxylic acids is 1. The minimum atomic E-state index is -0.307. The van der Waals surface area contributed by atoms with E-state index in [2.05, 4.69) is 20.6 Å². The lowest BCUT2D eigenvalue weighted by Gasteiger charge is -2.07. The maximum Gasteiger partial charge on any atom is 0.273 e. The average molecular weight is 316 g/mol. The lowest BCUT2D eigenvalue weighted by Crippen LogP contribution is -2.23. The molecule has 112 valence electrons. The smallest absolute Gasteiger partial charge is 0.273 e. The van der Waals surface area contributed by atoms with Gasteiger partial charge in [0.2, 0.25) is 0 Å². The van der Waals surface area contributed by atoms with Crippen LogP contribution in [0.15, 0.2) is 42.7 Å². The van der Waals surface area contributed by atoms with Crippen LogP contribution in [-0.2, 0) is 6.54 Å². The molecule has 0 fully saturated rings. The summed E-state index contributed by atoms with van der Waals surface area (Å²) in [6.45, 7) is 2.15. The number of aromatic nitrogens is 4. The minimum Gasteiger partial charge on any atom is -0.347 e. The van der Waals surface area contributed by atoms with Crippen molar-refractivity contribution in [2.75, 3.05) is 0 Å². The average Bonchev–Trinajstić information content (AvgIpc) is 3.17. The molecule has 6 nitrogen and oxygen atoms in total. The molecular formula is C15H14ClN5O. The lowest BCUT2D eigenvalue weighted by molar-refractivity contribution is 0.0946. The Morgan fingerprint density at radius 1 is 1.41 bits per heavy atom. The predicted molar refractivity (Wildman–Crippen MR) is 83.1 cm³/mol. The van der Waals surface area contributed by atoms with E-state index in [1.807, 2.05) is 36.5 Å². The van der Waals surface area contributed by atoms with Gasteiger partial charge in [-0.25, -0.2) is 4.68 Å². The SMILES string of the molecule is Cc1[nH]nc(C(=O)NCc2cccc(-n3cccn3)c2)c1Cl. The first-order valence-electron chi connectivity index (χ1n) is 6.73. The number of nitrogens with zero attached hydrogens (tertiary/aromatic N) is 3.